The van der Waals surface area contributed by atoms with Crippen molar-refractivity contribution in [2.75, 3.05) is 26.2 Å². The molecule has 1 aromatic carbocycles. The van der Waals surface area contributed by atoms with Crippen molar-refractivity contribution in [3.63, 3.8) is 0 Å². The lowest BCUT2D eigenvalue weighted by Gasteiger charge is -2.31. The summed E-state index contributed by atoms with van der Waals surface area (Å²) in [6, 6.07) is 4.67. The number of phenolic OH excluding ortho intramolecular Hbond substituents is 1. The number of hydrogen-bond donors (Lipinski definition) is 1. The van der Waals surface area contributed by atoms with Crippen LogP contribution in [0.3, 0.4) is 0 Å². The van der Waals surface area contributed by atoms with Crippen LogP contribution in [0, 0.1) is 6.92 Å². The van der Waals surface area contributed by atoms with Gasteiger partial charge in [-0.3, -0.25) is 4.79 Å². The number of rotatable bonds is 7. The van der Waals surface area contributed by atoms with Gasteiger partial charge < -0.3 is 14.7 Å². The Bertz CT molecular complexity index is 956. The Balaban J connectivity index is 1.65. The first-order valence-corrected chi connectivity index (χ1v) is 11.3. The summed E-state index contributed by atoms with van der Waals surface area (Å²) in [6.45, 7) is 6.39. The van der Waals surface area contributed by atoms with Gasteiger partial charge in [-0.25, -0.2) is 0 Å². The molecular weight excluding hydrogens is 443 g/mol. The van der Waals surface area contributed by atoms with E-state index in [1.807, 2.05) is 6.07 Å². The van der Waals surface area contributed by atoms with Gasteiger partial charge in [0.2, 0.25) is 0 Å². The highest BCUT2D eigenvalue weighted by atomic mass is 32.2. The summed E-state index contributed by atoms with van der Waals surface area (Å²) >= 11 is 1.60. The van der Waals surface area contributed by atoms with Crippen molar-refractivity contribution < 1.29 is 27.8 Å². The standard InChI is InChI=1S/C22H26F3N3O3S/c1-3-31-20(30)8-10-28-9-4-5-16(13-28)32-19-11-14(2)21(27-26-19)17-7-6-15(12-18(17)29)22(23,24)25/h6-7,11-12,16,29H,3-5,8-10,13H2,1-2H3/t16-/m1/s1. The number of ether oxygens (including phenoxy) is 1. The Morgan fingerprint density at radius 1 is 1.31 bits per heavy atom. The predicted octanol–water partition coefficient (Wildman–Crippen LogP) is 4.69. The van der Waals surface area contributed by atoms with Crippen molar-refractivity contribution in [2.45, 2.75) is 49.6 Å². The summed E-state index contributed by atoms with van der Waals surface area (Å²) in [5.41, 5.74) is 0.358. The highest BCUT2D eigenvalue weighted by Gasteiger charge is 2.31. The second kappa shape index (κ2) is 10.5. The summed E-state index contributed by atoms with van der Waals surface area (Å²) < 4.78 is 43.5. The van der Waals surface area contributed by atoms with Gasteiger partial charge in [0.1, 0.15) is 10.8 Å². The minimum atomic E-state index is -4.53. The predicted molar refractivity (Wildman–Crippen MR) is 115 cm³/mol. The Morgan fingerprint density at radius 3 is 2.75 bits per heavy atom. The zero-order valence-corrected chi connectivity index (χ0v) is 18.8. The van der Waals surface area contributed by atoms with E-state index >= 15 is 0 Å². The second-order valence-corrected chi connectivity index (χ2v) is 9.00. The molecule has 1 aliphatic rings. The van der Waals surface area contributed by atoms with E-state index in [0.29, 0.717) is 42.1 Å². The van der Waals surface area contributed by atoms with Gasteiger partial charge >= 0.3 is 12.1 Å². The number of nitrogens with zero attached hydrogens (tertiary/aromatic N) is 3. The number of alkyl halides is 3. The molecule has 10 heteroatoms. The molecule has 0 radical (unpaired) electrons. The van der Waals surface area contributed by atoms with Gasteiger partial charge in [-0.15, -0.1) is 10.2 Å². The smallest absolute Gasteiger partial charge is 0.416 e. The molecule has 1 N–H and O–H groups in total. The summed E-state index contributed by atoms with van der Waals surface area (Å²) in [4.78, 5) is 13.8. The normalized spacial score (nSPS) is 17.3. The topological polar surface area (TPSA) is 75.5 Å². The molecule has 1 aliphatic heterocycles. The molecule has 2 aromatic rings. The van der Waals surface area contributed by atoms with Crippen molar-refractivity contribution in [3.05, 3.63) is 35.4 Å². The third-order valence-corrected chi connectivity index (χ3v) is 6.39. The third kappa shape index (κ3) is 6.35. The molecule has 0 aliphatic carbocycles. The number of halogens is 3. The summed E-state index contributed by atoms with van der Waals surface area (Å²) in [7, 11) is 0. The average Bonchev–Trinajstić information content (AvgIpc) is 2.73. The summed E-state index contributed by atoms with van der Waals surface area (Å²) in [6.07, 6.45) is -2.12. The number of thioether (sulfide) groups is 1. The largest absolute Gasteiger partial charge is 0.507 e. The molecule has 1 saturated heterocycles. The Hall–Kier alpha value is -2.33. The Kier molecular flexibility index (Phi) is 8.00. The first-order chi connectivity index (χ1) is 15.2. The number of piperidine rings is 1. The van der Waals surface area contributed by atoms with Crippen LogP contribution in [-0.4, -0.2) is 57.7 Å². The van der Waals surface area contributed by atoms with Gasteiger partial charge in [0, 0.05) is 23.9 Å². The number of aromatic nitrogens is 2. The van der Waals surface area contributed by atoms with E-state index in [2.05, 4.69) is 15.1 Å². The van der Waals surface area contributed by atoms with Crippen LogP contribution in [0.5, 0.6) is 5.75 Å². The summed E-state index contributed by atoms with van der Waals surface area (Å²) in [5.74, 6) is -0.673. The number of benzene rings is 1. The molecule has 2 heterocycles. The van der Waals surface area contributed by atoms with Crippen LogP contribution in [0.25, 0.3) is 11.3 Å². The van der Waals surface area contributed by atoms with Crippen LogP contribution in [-0.2, 0) is 15.7 Å². The molecule has 0 amide bonds. The molecule has 174 valence electrons. The molecule has 6 nitrogen and oxygen atoms in total. The lowest BCUT2D eigenvalue weighted by molar-refractivity contribution is -0.143. The van der Waals surface area contributed by atoms with Gasteiger partial charge in [0.15, 0.2) is 0 Å². The van der Waals surface area contributed by atoms with Gasteiger partial charge in [0.25, 0.3) is 0 Å². The van der Waals surface area contributed by atoms with E-state index < -0.39 is 17.5 Å². The highest BCUT2D eigenvalue weighted by molar-refractivity contribution is 7.99. The number of esters is 1. The fraction of sp³-hybridized carbons (Fsp3) is 0.500. The van der Waals surface area contributed by atoms with Crippen molar-refractivity contribution in [2.24, 2.45) is 0 Å². The van der Waals surface area contributed by atoms with Gasteiger partial charge in [0.05, 0.1) is 24.3 Å². The van der Waals surface area contributed by atoms with Gasteiger partial charge in [-0.05, 0) is 63.1 Å². The molecule has 0 saturated carbocycles. The monoisotopic (exact) mass is 469 g/mol. The Labute approximate surface area is 189 Å². The summed E-state index contributed by atoms with van der Waals surface area (Å²) in [5, 5.41) is 19.5. The lowest BCUT2D eigenvalue weighted by atomic mass is 10.0. The fourth-order valence-electron chi connectivity index (χ4n) is 3.66. The Morgan fingerprint density at radius 2 is 2.09 bits per heavy atom. The van der Waals surface area contributed by atoms with Crippen LogP contribution in [0.4, 0.5) is 13.2 Å². The minimum absolute atomic E-state index is 0.189. The zero-order chi connectivity index (χ0) is 23.3. The zero-order valence-electron chi connectivity index (χ0n) is 18.0. The number of aryl methyl sites for hydroxylation is 1. The molecule has 0 bridgehead atoms. The first kappa shape index (κ1) is 24.3. The average molecular weight is 470 g/mol. The first-order valence-electron chi connectivity index (χ1n) is 10.5. The van der Waals surface area contributed by atoms with Crippen LogP contribution < -0.4 is 0 Å². The van der Waals surface area contributed by atoms with Gasteiger partial charge in [-0.2, -0.15) is 13.2 Å². The maximum Gasteiger partial charge on any atom is 0.416 e. The maximum absolute atomic E-state index is 12.8. The van der Waals surface area contributed by atoms with Crippen molar-refractivity contribution >= 4 is 17.7 Å². The fourth-order valence-corrected chi connectivity index (χ4v) is 4.90. The van der Waals surface area contributed by atoms with Crippen molar-refractivity contribution in [3.8, 4) is 17.0 Å². The molecule has 0 unspecified atom stereocenters. The number of phenols is 1. The number of aromatic hydroxyl groups is 1. The van der Waals surface area contributed by atoms with Crippen LogP contribution >= 0.6 is 11.8 Å². The van der Waals surface area contributed by atoms with Crippen LogP contribution in [0.1, 0.15) is 37.3 Å². The van der Waals surface area contributed by atoms with E-state index in [4.69, 9.17) is 4.74 Å². The number of carbonyl (C=O) groups excluding carboxylic acids is 1. The number of carbonyl (C=O) groups is 1. The third-order valence-electron chi connectivity index (χ3n) is 5.23. The number of hydrogen-bond acceptors (Lipinski definition) is 7. The van der Waals surface area contributed by atoms with Crippen LogP contribution in [0.2, 0.25) is 0 Å². The van der Waals surface area contributed by atoms with Crippen molar-refractivity contribution in [1.82, 2.24) is 15.1 Å². The van der Waals surface area contributed by atoms with E-state index in [0.717, 1.165) is 37.0 Å². The molecule has 3 rings (SSSR count). The van der Waals surface area contributed by atoms with E-state index in [1.165, 1.54) is 6.07 Å². The molecule has 32 heavy (non-hydrogen) atoms. The van der Waals surface area contributed by atoms with E-state index in [1.54, 1.807) is 25.6 Å². The minimum Gasteiger partial charge on any atom is -0.507 e. The lowest BCUT2D eigenvalue weighted by Crippen LogP contribution is -2.38. The highest BCUT2D eigenvalue weighted by Crippen LogP contribution is 2.37. The molecule has 1 atom stereocenters. The second-order valence-electron chi connectivity index (χ2n) is 7.68. The van der Waals surface area contributed by atoms with E-state index in [-0.39, 0.29) is 11.5 Å². The van der Waals surface area contributed by atoms with Crippen LogP contribution in [0.15, 0.2) is 29.3 Å². The van der Waals surface area contributed by atoms with Gasteiger partial charge in [-0.1, -0.05) is 11.8 Å². The SMILES string of the molecule is CCOC(=O)CCN1CCC[C@@H](Sc2cc(C)c(-c3ccc(C(F)(F)F)cc3O)nn2)C1. The molecule has 0 spiro atoms. The molecule has 1 fully saturated rings. The molecular formula is C22H26F3N3O3S. The van der Waals surface area contributed by atoms with Crippen molar-refractivity contribution in [1.29, 1.82) is 0 Å². The van der Waals surface area contributed by atoms with E-state index in [9.17, 15) is 23.1 Å². The maximum atomic E-state index is 12.8. The quantitative estimate of drug-likeness (QED) is 0.590. The molecule has 1 aromatic heterocycles. The number of likely N-dealkylation sites (tertiary alicyclic amines) is 1.